The van der Waals surface area contributed by atoms with Crippen LogP contribution in [0.4, 0.5) is 4.39 Å². The summed E-state index contributed by atoms with van der Waals surface area (Å²) in [5.74, 6) is -0.254. The molecule has 0 spiro atoms. The zero-order chi connectivity index (χ0) is 11.5. The van der Waals surface area contributed by atoms with Gasteiger partial charge in [-0.05, 0) is 31.2 Å². The fourth-order valence-electron chi connectivity index (χ4n) is 1.68. The van der Waals surface area contributed by atoms with E-state index in [0.29, 0.717) is 12.2 Å². The number of halogens is 1. The van der Waals surface area contributed by atoms with E-state index in [0.717, 1.165) is 11.1 Å². The lowest BCUT2D eigenvalue weighted by Gasteiger charge is -2.09. The van der Waals surface area contributed by atoms with E-state index in [9.17, 15) is 4.39 Å². The molecule has 0 aliphatic carbocycles. The first-order valence-corrected chi connectivity index (χ1v) is 5.16. The number of rotatable bonds is 3. The van der Waals surface area contributed by atoms with E-state index in [1.165, 1.54) is 6.07 Å². The second kappa shape index (κ2) is 4.45. The molecule has 1 aromatic heterocycles. The van der Waals surface area contributed by atoms with Gasteiger partial charge < -0.3 is 5.32 Å². The zero-order valence-corrected chi connectivity index (χ0v) is 9.37. The van der Waals surface area contributed by atoms with Crippen LogP contribution in [0.5, 0.6) is 0 Å². The second-order valence-electron chi connectivity index (χ2n) is 3.74. The average Bonchev–Trinajstić information content (AvgIpc) is 2.65. The van der Waals surface area contributed by atoms with E-state index in [4.69, 9.17) is 0 Å². The minimum Gasteiger partial charge on any atom is -0.316 e. The third kappa shape index (κ3) is 1.97. The largest absolute Gasteiger partial charge is 0.316 e. The fourth-order valence-corrected chi connectivity index (χ4v) is 1.68. The Morgan fingerprint density at radius 2 is 2.25 bits per heavy atom. The van der Waals surface area contributed by atoms with Crippen LogP contribution in [0.1, 0.15) is 11.1 Å². The Labute approximate surface area is 93.9 Å². The van der Waals surface area contributed by atoms with Crippen molar-refractivity contribution in [1.82, 2.24) is 15.1 Å². The van der Waals surface area contributed by atoms with Gasteiger partial charge in [0.25, 0.3) is 0 Å². The molecule has 0 aliphatic rings. The Morgan fingerprint density at radius 3 is 2.88 bits per heavy atom. The van der Waals surface area contributed by atoms with Crippen molar-refractivity contribution in [3.8, 4) is 5.69 Å². The predicted octanol–water partition coefficient (Wildman–Crippen LogP) is 2.04. The minimum atomic E-state index is -0.254. The molecule has 1 N–H and O–H groups in total. The van der Waals surface area contributed by atoms with Crippen molar-refractivity contribution < 1.29 is 4.39 Å². The molecule has 3 nitrogen and oxygen atoms in total. The summed E-state index contributed by atoms with van der Waals surface area (Å²) in [5, 5.41) is 7.16. The Balaban J connectivity index is 2.53. The molecule has 0 aliphatic heterocycles. The Hall–Kier alpha value is -1.68. The summed E-state index contributed by atoms with van der Waals surface area (Å²) in [6, 6.07) is 5.05. The van der Waals surface area contributed by atoms with Gasteiger partial charge in [-0.3, -0.25) is 0 Å². The maximum Gasteiger partial charge on any atom is 0.149 e. The van der Waals surface area contributed by atoms with Crippen LogP contribution in [0.3, 0.4) is 0 Å². The number of aryl methyl sites for hydroxylation is 1. The standard InChI is InChI=1S/C12H14FN3/c1-9-6-15-16(8-9)12-10(7-14-2)4-3-5-11(12)13/h3-6,8,14H,7H2,1-2H3. The molecule has 1 aromatic carbocycles. The smallest absolute Gasteiger partial charge is 0.149 e. The highest BCUT2D eigenvalue weighted by Gasteiger charge is 2.10. The highest BCUT2D eigenvalue weighted by molar-refractivity contribution is 5.42. The molecule has 0 unspecified atom stereocenters. The van der Waals surface area contributed by atoms with Gasteiger partial charge in [0.2, 0.25) is 0 Å². The molecular weight excluding hydrogens is 205 g/mol. The van der Waals surface area contributed by atoms with Crippen LogP contribution in [0, 0.1) is 12.7 Å². The lowest BCUT2D eigenvalue weighted by atomic mass is 10.1. The first kappa shape index (κ1) is 10.8. The second-order valence-corrected chi connectivity index (χ2v) is 3.74. The number of benzene rings is 1. The summed E-state index contributed by atoms with van der Waals surface area (Å²) in [6.45, 7) is 2.55. The molecular formula is C12H14FN3. The molecule has 0 atom stereocenters. The molecule has 0 saturated carbocycles. The van der Waals surface area contributed by atoms with Gasteiger partial charge in [0, 0.05) is 12.7 Å². The van der Waals surface area contributed by atoms with Crippen LogP contribution in [-0.2, 0) is 6.54 Å². The third-order valence-electron chi connectivity index (χ3n) is 2.38. The van der Waals surface area contributed by atoms with Crippen LogP contribution in [0.25, 0.3) is 5.69 Å². The van der Waals surface area contributed by atoms with E-state index in [2.05, 4.69) is 10.4 Å². The van der Waals surface area contributed by atoms with Crippen LogP contribution >= 0.6 is 0 Å². The van der Waals surface area contributed by atoms with Gasteiger partial charge in [0.1, 0.15) is 11.5 Å². The summed E-state index contributed by atoms with van der Waals surface area (Å²) < 4.78 is 15.4. The van der Waals surface area contributed by atoms with E-state index < -0.39 is 0 Å². The molecule has 1 heterocycles. The molecule has 2 aromatic rings. The van der Waals surface area contributed by atoms with Crippen LogP contribution < -0.4 is 5.32 Å². The highest BCUT2D eigenvalue weighted by atomic mass is 19.1. The van der Waals surface area contributed by atoms with E-state index in [1.54, 1.807) is 16.9 Å². The lowest BCUT2D eigenvalue weighted by molar-refractivity contribution is 0.605. The summed E-state index contributed by atoms with van der Waals surface area (Å²) in [5.41, 5.74) is 2.43. The molecule has 0 radical (unpaired) electrons. The number of nitrogens with one attached hydrogen (secondary N) is 1. The van der Waals surface area contributed by atoms with Crippen molar-refractivity contribution >= 4 is 0 Å². The van der Waals surface area contributed by atoms with Gasteiger partial charge in [-0.1, -0.05) is 12.1 Å². The van der Waals surface area contributed by atoms with Gasteiger partial charge in [0.05, 0.1) is 6.20 Å². The third-order valence-corrected chi connectivity index (χ3v) is 2.38. The summed E-state index contributed by atoms with van der Waals surface area (Å²) in [4.78, 5) is 0. The van der Waals surface area contributed by atoms with Crippen molar-refractivity contribution in [2.45, 2.75) is 13.5 Å². The quantitative estimate of drug-likeness (QED) is 0.856. The predicted molar refractivity (Wildman–Crippen MR) is 61.0 cm³/mol. The van der Waals surface area contributed by atoms with Gasteiger partial charge in [-0.25, -0.2) is 9.07 Å². The SMILES string of the molecule is CNCc1cccc(F)c1-n1cc(C)cn1. The Morgan fingerprint density at radius 1 is 1.44 bits per heavy atom. The van der Waals surface area contributed by atoms with Crippen LogP contribution in [-0.4, -0.2) is 16.8 Å². The normalized spacial score (nSPS) is 10.7. The monoisotopic (exact) mass is 219 g/mol. The van der Waals surface area contributed by atoms with Crippen molar-refractivity contribution in [3.63, 3.8) is 0 Å². The molecule has 0 bridgehead atoms. The minimum absolute atomic E-state index is 0.254. The number of aromatic nitrogens is 2. The van der Waals surface area contributed by atoms with Crippen molar-refractivity contribution in [2.75, 3.05) is 7.05 Å². The Bertz CT molecular complexity index is 491. The van der Waals surface area contributed by atoms with Crippen LogP contribution in [0.15, 0.2) is 30.6 Å². The number of hydrogen-bond donors (Lipinski definition) is 1. The van der Waals surface area contributed by atoms with Crippen molar-refractivity contribution in [2.24, 2.45) is 0 Å². The maximum atomic E-state index is 13.8. The zero-order valence-electron chi connectivity index (χ0n) is 9.37. The fraction of sp³-hybridized carbons (Fsp3) is 0.250. The molecule has 0 saturated heterocycles. The number of para-hydroxylation sites is 1. The van der Waals surface area contributed by atoms with Crippen molar-refractivity contribution in [1.29, 1.82) is 0 Å². The number of hydrogen-bond acceptors (Lipinski definition) is 2. The molecule has 16 heavy (non-hydrogen) atoms. The maximum absolute atomic E-state index is 13.8. The molecule has 2 rings (SSSR count). The van der Waals surface area contributed by atoms with E-state index in [1.807, 2.05) is 26.2 Å². The van der Waals surface area contributed by atoms with Gasteiger partial charge in [-0.2, -0.15) is 5.10 Å². The Kier molecular flexibility index (Phi) is 3.01. The van der Waals surface area contributed by atoms with E-state index in [-0.39, 0.29) is 5.82 Å². The number of nitrogens with zero attached hydrogens (tertiary/aromatic N) is 2. The van der Waals surface area contributed by atoms with Gasteiger partial charge in [0.15, 0.2) is 0 Å². The summed E-state index contributed by atoms with van der Waals surface area (Å²) in [7, 11) is 1.84. The first-order valence-electron chi connectivity index (χ1n) is 5.16. The van der Waals surface area contributed by atoms with Gasteiger partial charge >= 0.3 is 0 Å². The average molecular weight is 219 g/mol. The summed E-state index contributed by atoms with van der Waals surface area (Å²) >= 11 is 0. The van der Waals surface area contributed by atoms with Gasteiger partial charge in [-0.15, -0.1) is 0 Å². The first-order chi connectivity index (χ1) is 7.72. The van der Waals surface area contributed by atoms with Crippen LogP contribution in [0.2, 0.25) is 0 Å². The van der Waals surface area contributed by atoms with E-state index >= 15 is 0 Å². The topological polar surface area (TPSA) is 29.9 Å². The summed E-state index contributed by atoms with van der Waals surface area (Å²) in [6.07, 6.45) is 3.53. The molecule has 84 valence electrons. The highest BCUT2D eigenvalue weighted by Crippen LogP contribution is 2.18. The molecule has 4 heteroatoms. The molecule has 0 amide bonds. The van der Waals surface area contributed by atoms with Crippen molar-refractivity contribution in [3.05, 3.63) is 47.5 Å². The lowest BCUT2D eigenvalue weighted by Crippen LogP contribution is -2.10. The molecule has 0 fully saturated rings.